The fraction of sp³-hybridized carbons (Fsp3) is 0.667. The van der Waals surface area contributed by atoms with E-state index in [1.807, 2.05) is 35.7 Å². The predicted molar refractivity (Wildman–Crippen MR) is 87.1 cm³/mol. The van der Waals surface area contributed by atoms with Gasteiger partial charge in [0.25, 0.3) is 5.91 Å². The van der Waals surface area contributed by atoms with E-state index in [1.54, 1.807) is 0 Å². The van der Waals surface area contributed by atoms with E-state index in [-0.39, 0.29) is 5.91 Å². The second-order valence-electron chi connectivity index (χ2n) is 4.92. The smallest absolute Gasteiger partial charge is 0.270 e. The summed E-state index contributed by atoms with van der Waals surface area (Å²) in [5, 5.41) is 0. The highest BCUT2D eigenvalue weighted by Gasteiger charge is 2.17. The lowest BCUT2D eigenvalue weighted by Gasteiger charge is -2.23. The first-order valence-corrected chi connectivity index (χ1v) is 8.16. The molecular weight excluding hydrogens is 318 g/mol. The maximum atomic E-state index is 12.5. The molecule has 0 saturated heterocycles. The number of aryl methyl sites for hydroxylation is 1. The van der Waals surface area contributed by atoms with E-state index in [2.05, 4.69) is 34.7 Å². The molecule has 1 aromatic rings. The third-order valence-corrected chi connectivity index (χ3v) is 4.09. The Labute approximate surface area is 130 Å². The Hall–Kier alpha value is -0.810. The molecule has 0 aliphatic heterocycles. The van der Waals surface area contributed by atoms with E-state index >= 15 is 0 Å². The zero-order valence-corrected chi connectivity index (χ0v) is 14.6. The molecule has 0 N–H and O–H groups in total. The van der Waals surface area contributed by atoms with Crippen LogP contribution in [0.25, 0.3) is 0 Å². The van der Waals surface area contributed by atoms with Crippen LogP contribution < -0.4 is 0 Å². The summed E-state index contributed by atoms with van der Waals surface area (Å²) in [5.41, 5.74) is 0.738. The van der Waals surface area contributed by atoms with E-state index < -0.39 is 0 Å². The second-order valence-corrected chi connectivity index (χ2v) is 5.84. The molecule has 1 aromatic heterocycles. The Morgan fingerprint density at radius 1 is 1.20 bits per heavy atom. The molecule has 0 fully saturated rings. The molecular formula is C15H26BrN3O. The number of amides is 1. The van der Waals surface area contributed by atoms with Crippen LogP contribution in [-0.2, 0) is 7.05 Å². The Kier molecular flexibility index (Phi) is 7.30. The zero-order valence-electron chi connectivity index (χ0n) is 13.0. The standard InChI is InChI=1S/C15H26BrN3O/c1-5-18(6-2)9-8-10-19(7-3)15(20)14-11-13(16)12-17(14)4/h11-12H,5-10H2,1-4H3. The molecule has 0 spiro atoms. The fourth-order valence-corrected chi connectivity index (χ4v) is 2.85. The quantitative estimate of drug-likeness (QED) is 0.725. The van der Waals surface area contributed by atoms with E-state index in [9.17, 15) is 4.79 Å². The maximum Gasteiger partial charge on any atom is 0.270 e. The summed E-state index contributed by atoms with van der Waals surface area (Å²) in [7, 11) is 1.90. The number of hydrogen-bond donors (Lipinski definition) is 0. The average molecular weight is 344 g/mol. The molecule has 114 valence electrons. The highest BCUT2D eigenvalue weighted by molar-refractivity contribution is 9.10. The van der Waals surface area contributed by atoms with Crippen LogP contribution in [0.4, 0.5) is 0 Å². The number of rotatable bonds is 8. The summed E-state index contributed by atoms with van der Waals surface area (Å²) in [4.78, 5) is 16.8. The summed E-state index contributed by atoms with van der Waals surface area (Å²) in [6.45, 7) is 11.1. The van der Waals surface area contributed by atoms with Crippen molar-refractivity contribution in [1.29, 1.82) is 0 Å². The molecule has 0 aromatic carbocycles. The predicted octanol–water partition coefficient (Wildman–Crippen LogP) is 2.98. The first kappa shape index (κ1) is 17.2. The van der Waals surface area contributed by atoms with Crippen molar-refractivity contribution >= 4 is 21.8 Å². The molecule has 20 heavy (non-hydrogen) atoms. The van der Waals surface area contributed by atoms with Gasteiger partial charge in [-0.25, -0.2) is 0 Å². The van der Waals surface area contributed by atoms with Crippen LogP contribution in [0.15, 0.2) is 16.7 Å². The van der Waals surface area contributed by atoms with Crippen molar-refractivity contribution in [3.8, 4) is 0 Å². The normalized spacial score (nSPS) is 11.1. The van der Waals surface area contributed by atoms with Gasteiger partial charge in [0.15, 0.2) is 0 Å². The minimum absolute atomic E-state index is 0.111. The third-order valence-electron chi connectivity index (χ3n) is 3.66. The summed E-state index contributed by atoms with van der Waals surface area (Å²) in [5.74, 6) is 0.111. The van der Waals surface area contributed by atoms with Gasteiger partial charge >= 0.3 is 0 Å². The van der Waals surface area contributed by atoms with Crippen molar-refractivity contribution in [3.63, 3.8) is 0 Å². The molecule has 0 aliphatic rings. The Balaban J connectivity index is 2.58. The Morgan fingerprint density at radius 2 is 1.85 bits per heavy atom. The van der Waals surface area contributed by atoms with Gasteiger partial charge in [-0.2, -0.15) is 0 Å². The first-order chi connectivity index (χ1) is 9.53. The van der Waals surface area contributed by atoms with Crippen molar-refractivity contribution < 1.29 is 4.79 Å². The number of carbonyl (C=O) groups excluding carboxylic acids is 1. The number of halogens is 1. The van der Waals surface area contributed by atoms with Crippen molar-refractivity contribution in [1.82, 2.24) is 14.4 Å². The fourth-order valence-electron chi connectivity index (χ4n) is 2.33. The van der Waals surface area contributed by atoms with Crippen LogP contribution in [0.3, 0.4) is 0 Å². The van der Waals surface area contributed by atoms with Crippen LogP contribution in [0.5, 0.6) is 0 Å². The van der Waals surface area contributed by atoms with Gasteiger partial charge in [0, 0.05) is 30.8 Å². The van der Waals surface area contributed by atoms with E-state index in [4.69, 9.17) is 0 Å². The number of carbonyl (C=O) groups is 1. The molecule has 5 heteroatoms. The zero-order chi connectivity index (χ0) is 15.1. The Morgan fingerprint density at radius 3 is 2.30 bits per heavy atom. The summed E-state index contributed by atoms with van der Waals surface area (Å²) in [6.07, 6.45) is 2.93. The third kappa shape index (κ3) is 4.63. The second kappa shape index (κ2) is 8.47. The highest BCUT2D eigenvalue weighted by atomic mass is 79.9. The van der Waals surface area contributed by atoms with Crippen LogP contribution in [0.1, 0.15) is 37.7 Å². The lowest BCUT2D eigenvalue weighted by molar-refractivity contribution is 0.0748. The SMILES string of the molecule is CCN(CC)CCCN(CC)C(=O)c1cc(Br)cn1C. The van der Waals surface area contributed by atoms with Crippen LogP contribution >= 0.6 is 15.9 Å². The van der Waals surface area contributed by atoms with Gasteiger partial charge in [-0.15, -0.1) is 0 Å². The lowest BCUT2D eigenvalue weighted by Crippen LogP contribution is -2.35. The molecule has 0 unspecified atom stereocenters. The van der Waals surface area contributed by atoms with Crippen molar-refractivity contribution in [2.75, 3.05) is 32.7 Å². The molecule has 0 radical (unpaired) electrons. The van der Waals surface area contributed by atoms with Gasteiger partial charge in [0.05, 0.1) is 0 Å². The number of nitrogens with zero attached hydrogens (tertiary/aromatic N) is 3. The first-order valence-electron chi connectivity index (χ1n) is 7.36. The minimum Gasteiger partial charge on any atom is -0.345 e. The van der Waals surface area contributed by atoms with Crippen LogP contribution in [0.2, 0.25) is 0 Å². The minimum atomic E-state index is 0.111. The Bertz CT molecular complexity index is 427. The summed E-state index contributed by atoms with van der Waals surface area (Å²) >= 11 is 3.41. The van der Waals surface area contributed by atoms with E-state index in [0.717, 1.165) is 49.3 Å². The molecule has 1 rings (SSSR count). The average Bonchev–Trinajstić information content (AvgIpc) is 2.77. The van der Waals surface area contributed by atoms with Crippen LogP contribution in [0, 0.1) is 0 Å². The topological polar surface area (TPSA) is 28.5 Å². The van der Waals surface area contributed by atoms with Gasteiger partial charge in [0.2, 0.25) is 0 Å². The highest BCUT2D eigenvalue weighted by Crippen LogP contribution is 2.15. The summed E-state index contributed by atoms with van der Waals surface area (Å²) < 4.78 is 2.82. The number of aromatic nitrogens is 1. The van der Waals surface area contributed by atoms with Crippen LogP contribution in [-0.4, -0.2) is 53.0 Å². The van der Waals surface area contributed by atoms with Gasteiger partial charge in [0.1, 0.15) is 5.69 Å². The number of hydrogen-bond acceptors (Lipinski definition) is 2. The molecule has 0 aliphatic carbocycles. The summed E-state index contributed by atoms with van der Waals surface area (Å²) in [6, 6.07) is 1.88. The largest absolute Gasteiger partial charge is 0.345 e. The van der Waals surface area contributed by atoms with Gasteiger partial charge in [-0.3, -0.25) is 4.79 Å². The van der Waals surface area contributed by atoms with Gasteiger partial charge in [-0.05, 0) is 55.0 Å². The van der Waals surface area contributed by atoms with Crippen molar-refractivity contribution in [2.45, 2.75) is 27.2 Å². The molecule has 4 nitrogen and oxygen atoms in total. The molecule has 1 amide bonds. The van der Waals surface area contributed by atoms with E-state index in [0.29, 0.717) is 0 Å². The molecule has 0 atom stereocenters. The molecule has 0 saturated carbocycles. The van der Waals surface area contributed by atoms with Gasteiger partial charge < -0.3 is 14.4 Å². The lowest BCUT2D eigenvalue weighted by atomic mass is 10.3. The molecule has 1 heterocycles. The van der Waals surface area contributed by atoms with E-state index in [1.165, 1.54) is 0 Å². The monoisotopic (exact) mass is 343 g/mol. The van der Waals surface area contributed by atoms with Gasteiger partial charge in [-0.1, -0.05) is 13.8 Å². The van der Waals surface area contributed by atoms with Crippen molar-refractivity contribution in [2.24, 2.45) is 7.05 Å². The molecule has 0 bridgehead atoms. The maximum absolute atomic E-state index is 12.5. The van der Waals surface area contributed by atoms with Crippen molar-refractivity contribution in [3.05, 3.63) is 22.4 Å².